The molecular weight excluding hydrogens is 263 g/mol. The second-order valence-corrected chi connectivity index (χ2v) is 3.59. The smallest absolute Gasteiger partial charge is 0.310 e. The number of carbonyl (C=O) groups excluding carboxylic acids is 1. The molecule has 16 heavy (non-hydrogen) atoms. The number of esters is 1. The lowest BCUT2D eigenvalue weighted by molar-refractivity contribution is -0.139. The topological polar surface area (TPSA) is 39.2 Å². The van der Waals surface area contributed by atoms with Gasteiger partial charge in [0, 0.05) is 11.8 Å². The van der Waals surface area contributed by atoms with E-state index in [-0.39, 0.29) is 22.2 Å². The molecule has 1 heterocycles. The fourth-order valence-corrected chi connectivity index (χ4v) is 1.59. The molecule has 0 bridgehead atoms. The number of nitrogens with zero attached hydrogens (tertiary/aromatic N) is 1. The van der Waals surface area contributed by atoms with E-state index in [1.165, 1.54) is 7.11 Å². The fraction of sp³-hybridized carbons (Fsp3) is 0.333. The molecule has 88 valence electrons. The van der Waals surface area contributed by atoms with Crippen LogP contribution >= 0.6 is 23.2 Å². The lowest BCUT2D eigenvalue weighted by Gasteiger charge is -2.09. The number of hydrogen-bond acceptors (Lipinski definition) is 3. The molecule has 0 aliphatic carbocycles. The van der Waals surface area contributed by atoms with Gasteiger partial charge in [-0.1, -0.05) is 23.2 Å². The summed E-state index contributed by atoms with van der Waals surface area (Å²) in [7, 11) is 1.18. The van der Waals surface area contributed by atoms with Crippen LogP contribution in [0.4, 0.5) is 8.78 Å². The molecule has 0 aliphatic rings. The summed E-state index contributed by atoms with van der Waals surface area (Å²) >= 11 is 11.4. The average Bonchev–Trinajstić information content (AvgIpc) is 2.23. The summed E-state index contributed by atoms with van der Waals surface area (Å²) in [6, 6.07) is 0. The lowest BCUT2D eigenvalue weighted by atomic mass is 10.1. The highest BCUT2D eigenvalue weighted by Gasteiger charge is 2.20. The van der Waals surface area contributed by atoms with Crippen molar-refractivity contribution < 1.29 is 18.3 Å². The number of pyridine rings is 1. The molecule has 1 aromatic heterocycles. The van der Waals surface area contributed by atoms with Crippen LogP contribution in [-0.4, -0.2) is 18.1 Å². The monoisotopic (exact) mass is 269 g/mol. The summed E-state index contributed by atoms with van der Waals surface area (Å²) in [6.07, 6.45) is -2.17. The van der Waals surface area contributed by atoms with Crippen molar-refractivity contribution in [3.05, 3.63) is 27.5 Å². The van der Waals surface area contributed by atoms with E-state index < -0.39 is 18.0 Å². The first-order chi connectivity index (χ1) is 7.47. The molecule has 0 radical (unpaired) electrons. The Kier molecular flexibility index (Phi) is 4.44. The van der Waals surface area contributed by atoms with Crippen molar-refractivity contribution in [1.29, 1.82) is 0 Å². The zero-order valence-electron chi connectivity index (χ0n) is 8.14. The molecule has 0 saturated heterocycles. The van der Waals surface area contributed by atoms with Crippen LogP contribution in [0.3, 0.4) is 0 Å². The Labute approximate surface area is 100 Å². The maximum absolute atomic E-state index is 12.5. The van der Waals surface area contributed by atoms with Crippen molar-refractivity contribution in [2.75, 3.05) is 7.11 Å². The van der Waals surface area contributed by atoms with Gasteiger partial charge in [0.15, 0.2) is 0 Å². The number of alkyl halides is 2. The minimum atomic E-state index is -2.77. The third kappa shape index (κ3) is 2.80. The second-order valence-electron chi connectivity index (χ2n) is 2.85. The van der Waals surface area contributed by atoms with Crippen molar-refractivity contribution in [2.24, 2.45) is 0 Å². The summed E-state index contributed by atoms with van der Waals surface area (Å²) in [5.74, 6) is -0.628. The van der Waals surface area contributed by atoms with E-state index in [9.17, 15) is 13.6 Å². The molecule has 7 heteroatoms. The van der Waals surface area contributed by atoms with Crippen LogP contribution in [0.2, 0.25) is 10.2 Å². The first-order valence-electron chi connectivity index (χ1n) is 4.15. The molecule has 0 spiro atoms. The van der Waals surface area contributed by atoms with Crippen molar-refractivity contribution in [3.63, 3.8) is 0 Å². The minimum absolute atomic E-state index is 0.0491. The number of ether oxygens (including phenoxy) is 1. The number of methoxy groups -OCH3 is 1. The van der Waals surface area contributed by atoms with Crippen molar-refractivity contribution in [1.82, 2.24) is 4.98 Å². The maximum Gasteiger partial charge on any atom is 0.310 e. The van der Waals surface area contributed by atoms with Crippen molar-refractivity contribution in [3.8, 4) is 0 Å². The van der Waals surface area contributed by atoms with Gasteiger partial charge >= 0.3 is 5.97 Å². The molecule has 3 nitrogen and oxygen atoms in total. The van der Waals surface area contributed by atoms with Crippen LogP contribution in [0.5, 0.6) is 0 Å². The van der Waals surface area contributed by atoms with Crippen LogP contribution in [0, 0.1) is 0 Å². The summed E-state index contributed by atoms with van der Waals surface area (Å²) < 4.78 is 29.3. The highest BCUT2D eigenvalue weighted by molar-refractivity contribution is 6.36. The summed E-state index contributed by atoms with van der Waals surface area (Å²) in [5.41, 5.74) is -0.405. The van der Waals surface area contributed by atoms with E-state index >= 15 is 0 Å². The molecule has 0 saturated carbocycles. The number of rotatable bonds is 3. The Morgan fingerprint density at radius 1 is 1.56 bits per heavy atom. The first kappa shape index (κ1) is 13.1. The van der Waals surface area contributed by atoms with Crippen molar-refractivity contribution in [2.45, 2.75) is 12.8 Å². The third-order valence-electron chi connectivity index (χ3n) is 1.87. The Balaban J connectivity index is 3.16. The van der Waals surface area contributed by atoms with Crippen LogP contribution < -0.4 is 0 Å². The van der Waals surface area contributed by atoms with Crippen LogP contribution in [0.25, 0.3) is 0 Å². The molecule has 1 rings (SSSR count). The van der Waals surface area contributed by atoms with E-state index in [2.05, 4.69) is 9.72 Å². The zero-order valence-corrected chi connectivity index (χ0v) is 9.65. The highest BCUT2D eigenvalue weighted by Crippen LogP contribution is 2.32. The molecular formula is C9H7Cl2F2NO2. The third-order valence-corrected chi connectivity index (χ3v) is 2.64. The van der Waals surface area contributed by atoms with E-state index in [0.29, 0.717) is 0 Å². The molecule has 0 N–H and O–H groups in total. The quantitative estimate of drug-likeness (QED) is 0.626. The molecule has 0 aromatic carbocycles. The average molecular weight is 270 g/mol. The predicted molar refractivity (Wildman–Crippen MR) is 54.9 cm³/mol. The van der Waals surface area contributed by atoms with Crippen LogP contribution in [-0.2, 0) is 16.0 Å². The van der Waals surface area contributed by atoms with Crippen LogP contribution in [0.1, 0.15) is 17.6 Å². The number of carbonyl (C=O) groups is 1. The van der Waals surface area contributed by atoms with Gasteiger partial charge in [0.2, 0.25) is 0 Å². The Morgan fingerprint density at radius 2 is 2.19 bits per heavy atom. The number of hydrogen-bond donors (Lipinski definition) is 0. The summed E-state index contributed by atoms with van der Waals surface area (Å²) in [5, 5.41) is -0.333. The lowest BCUT2D eigenvalue weighted by Crippen LogP contribution is -2.07. The van der Waals surface area contributed by atoms with Gasteiger partial charge in [-0.3, -0.25) is 4.79 Å². The van der Waals surface area contributed by atoms with Crippen LogP contribution in [0.15, 0.2) is 6.20 Å². The van der Waals surface area contributed by atoms with Gasteiger partial charge in [-0.05, 0) is 0 Å². The largest absolute Gasteiger partial charge is 0.469 e. The Bertz CT molecular complexity index is 413. The van der Waals surface area contributed by atoms with Gasteiger partial charge in [-0.15, -0.1) is 0 Å². The van der Waals surface area contributed by atoms with E-state index in [0.717, 1.165) is 6.20 Å². The number of aromatic nitrogens is 1. The molecule has 0 atom stereocenters. The van der Waals surface area contributed by atoms with E-state index in [1.54, 1.807) is 0 Å². The van der Waals surface area contributed by atoms with E-state index in [4.69, 9.17) is 23.2 Å². The number of halogens is 4. The molecule has 1 aromatic rings. The molecule has 0 amide bonds. The van der Waals surface area contributed by atoms with E-state index in [1.807, 2.05) is 0 Å². The highest BCUT2D eigenvalue weighted by atomic mass is 35.5. The standard InChI is InChI=1S/C9H7Cl2F2NO2/c1-16-6(15)2-4-7(10)5(9(12)13)3-14-8(4)11/h3,9H,2H2,1H3. The summed E-state index contributed by atoms with van der Waals surface area (Å²) in [6.45, 7) is 0. The molecule has 0 aliphatic heterocycles. The van der Waals surface area contributed by atoms with Gasteiger partial charge in [0.05, 0.1) is 24.1 Å². The normalized spacial score (nSPS) is 10.6. The zero-order chi connectivity index (χ0) is 12.3. The van der Waals surface area contributed by atoms with Gasteiger partial charge in [-0.25, -0.2) is 13.8 Å². The fourth-order valence-electron chi connectivity index (χ4n) is 1.04. The second kappa shape index (κ2) is 5.41. The molecule has 0 unspecified atom stereocenters. The Morgan fingerprint density at radius 3 is 2.69 bits per heavy atom. The van der Waals surface area contributed by atoms with Crippen molar-refractivity contribution >= 4 is 29.2 Å². The first-order valence-corrected chi connectivity index (χ1v) is 4.90. The minimum Gasteiger partial charge on any atom is -0.469 e. The SMILES string of the molecule is COC(=O)Cc1c(Cl)ncc(C(F)F)c1Cl. The molecule has 0 fully saturated rings. The predicted octanol–water partition coefficient (Wildman–Crippen LogP) is 3.04. The Hall–Kier alpha value is -0.940. The summed E-state index contributed by atoms with van der Waals surface area (Å²) in [4.78, 5) is 14.6. The van der Waals surface area contributed by atoms with Gasteiger partial charge in [0.1, 0.15) is 5.15 Å². The van der Waals surface area contributed by atoms with Gasteiger partial charge < -0.3 is 4.74 Å². The van der Waals surface area contributed by atoms with Gasteiger partial charge in [0.25, 0.3) is 6.43 Å². The maximum atomic E-state index is 12.5. The van der Waals surface area contributed by atoms with Gasteiger partial charge in [-0.2, -0.15) is 0 Å².